The molecular formula is C12H13IO3. The van der Waals surface area contributed by atoms with Crippen molar-refractivity contribution in [2.45, 2.75) is 20.3 Å². The lowest BCUT2D eigenvalue weighted by Crippen LogP contribution is -2.10. The minimum atomic E-state index is -0.366. The van der Waals surface area contributed by atoms with E-state index in [1.807, 2.05) is 12.1 Å². The third-order valence-corrected chi connectivity index (χ3v) is 2.67. The van der Waals surface area contributed by atoms with Crippen molar-refractivity contribution in [1.82, 2.24) is 0 Å². The molecule has 3 nitrogen and oxygen atoms in total. The Morgan fingerprint density at radius 2 is 2.06 bits per heavy atom. The minimum absolute atomic E-state index is 0.0348. The molecule has 0 radical (unpaired) electrons. The lowest BCUT2D eigenvalue weighted by molar-refractivity contribution is -0.116. The Morgan fingerprint density at radius 3 is 2.62 bits per heavy atom. The van der Waals surface area contributed by atoms with Crippen LogP contribution in [0.1, 0.15) is 29.8 Å². The lowest BCUT2D eigenvalue weighted by Gasteiger charge is -2.08. The van der Waals surface area contributed by atoms with E-state index >= 15 is 0 Å². The highest BCUT2D eigenvalue weighted by Gasteiger charge is 2.13. The maximum Gasteiger partial charge on any atom is 0.338 e. The second-order valence-electron chi connectivity index (χ2n) is 3.40. The summed E-state index contributed by atoms with van der Waals surface area (Å²) in [6, 6.07) is 5.38. The van der Waals surface area contributed by atoms with Gasteiger partial charge in [-0.1, -0.05) is 0 Å². The standard InChI is InChI=1S/C12H13IO3/c1-3-16-12(15)11-5-4-10(13)7-9(11)6-8(2)14/h4-5,7H,3,6H2,1-2H3. The maximum absolute atomic E-state index is 11.6. The van der Waals surface area contributed by atoms with E-state index in [4.69, 9.17) is 4.74 Å². The predicted molar refractivity (Wildman–Crippen MR) is 69.5 cm³/mol. The molecule has 1 aromatic rings. The highest BCUT2D eigenvalue weighted by atomic mass is 127. The van der Waals surface area contributed by atoms with E-state index in [9.17, 15) is 9.59 Å². The van der Waals surface area contributed by atoms with E-state index in [1.165, 1.54) is 6.92 Å². The Morgan fingerprint density at radius 1 is 1.38 bits per heavy atom. The molecule has 0 aliphatic heterocycles. The van der Waals surface area contributed by atoms with Gasteiger partial charge in [0, 0.05) is 9.99 Å². The molecular weight excluding hydrogens is 319 g/mol. The van der Waals surface area contributed by atoms with E-state index < -0.39 is 0 Å². The summed E-state index contributed by atoms with van der Waals surface area (Å²) in [6.07, 6.45) is 0.269. The van der Waals surface area contributed by atoms with Crippen LogP contribution in [0.15, 0.2) is 18.2 Å². The van der Waals surface area contributed by atoms with E-state index in [0.29, 0.717) is 12.2 Å². The van der Waals surface area contributed by atoms with Crippen molar-refractivity contribution >= 4 is 34.3 Å². The van der Waals surface area contributed by atoms with Crippen LogP contribution in [0.2, 0.25) is 0 Å². The van der Waals surface area contributed by atoms with Gasteiger partial charge in [0.15, 0.2) is 0 Å². The number of ether oxygens (including phenoxy) is 1. The van der Waals surface area contributed by atoms with E-state index in [2.05, 4.69) is 22.6 Å². The smallest absolute Gasteiger partial charge is 0.338 e. The van der Waals surface area contributed by atoms with Crippen molar-refractivity contribution in [2.75, 3.05) is 6.61 Å². The van der Waals surface area contributed by atoms with Gasteiger partial charge in [-0.2, -0.15) is 0 Å². The van der Waals surface area contributed by atoms with Crippen LogP contribution in [0, 0.1) is 3.57 Å². The number of halogens is 1. The zero-order valence-electron chi connectivity index (χ0n) is 9.25. The van der Waals surface area contributed by atoms with E-state index in [1.54, 1.807) is 13.0 Å². The Bertz CT molecular complexity index is 413. The average Bonchev–Trinajstić information content (AvgIpc) is 2.16. The molecule has 0 amide bonds. The molecule has 0 aliphatic rings. The van der Waals surface area contributed by atoms with Gasteiger partial charge >= 0.3 is 5.97 Å². The third-order valence-electron chi connectivity index (χ3n) is 2.00. The molecule has 0 N–H and O–H groups in total. The molecule has 16 heavy (non-hydrogen) atoms. The first-order chi connectivity index (χ1) is 7.54. The van der Waals surface area contributed by atoms with Gasteiger partial charge in [0.05, 0.1) is 12.2 Å². The largest absolute Gasteiger partial charge is 0.462 e. The van der Waals surface area contributed by atoms with Gasteiger partial charge in [-0.15, -0.1) is 0 Å². The molecule has 0 heterocycles. The van der Waals surface area contributed by atoms with Crippen molar-refractivity contribution in [3.8, 4) is 0 Å². The molecule has 0 saturated carbocycles. The van der Waals surface area contributed by atoms with Crippen LogP contribution in [0.4, 0.5) is 0 Å². The second-order valence-corrected chi connectivity index (χ2v) is 4.65. The summed E-state index contributed by atoms with van der Waals surface area (Å²) in [7, 11) is 0. The van der Waals surface area contributed by atoms with Crippen LogP contribution >= 0.6 is 22.6 Å². The Hall–Kier alpha value is -0.910. The van der Waals surface area contributed by atoms with Crippen molar-refractivity contribution in [3.05, 3.63) is 32.9 Å². The molecule has 0 bridgehead atoms. The molecule has 1 rings (SSSR count). The average molecular weight is 332 g/mol. The molecule has 1 aromatic carbocycles. The predicted octanol–water partition coefficient (Wildman–Crippen LogP) is 2.60. The molecule has 0 saturated heterocycles. The Kier molecular flexibility index (Phi) is 4.92. The maximum atomic E-state index is 11.6. The topological polar surface area (TPSA) is 43.4 Å². The monoisotopic (exact) mass is 332 g/mol. The van der Waals surface area contributed by atoms with Gasteiger partial charge in [0.25, 0.3) is 0 Å². The quantitative estimate of drug-likeness (QED) is 0.629. The van der Waals surface area contributed by atoms with Gasteiger partial charge in [-0.05, 0) is 60.2 Å². The number of hydrogen-bond donors (Lipinski definition) is 0. The van der Waals surface area contributed by atoms with Gasteiger partial charge < -0.3 is 4.74 Å². The number of rotatable bonds is 4. The van der Waals surface area contributed by atoms with Crippen molar-refractivity contribution in [3.63, 3.8) is 0 Å². The summed E-state index contributed by atoms with van der Waals surface area (Å²) in [5.74, 6) is -0.331. The van der Waals surface area contributed by atoms with E-state index in [0.717, 1.165) is 9.13 Å². The minimum Gasteiger partial charge on any atom is -0.462 e. The van der Waals surface area contributed by atoms with Crippen LogP contribution in [0.3, 0.4) is 0 Å². The number of carbonyl (C=O) groups excluding carboxylic acids is 2. The number of esters is 1. The third kappa shape index (κ3) is 3.59. The molecule has 0 atom stereocenters. The van der Waals surface area contributed by atoms with Gasteiger partial charge in [0.1, 0.15) is 5.78 Å². The van der Waals surface area contributed by atoms with E-state index in [-0.39, 0.29) is 18.2 Å². The number of Topliss-reactive ketones (excluding diaryl/α,β-unsaturated/α-hetero) is 1. The molecule has 0 aromatic heterocycles. The first-order valence-corrected chi connectivity index (χ1v) is 6.07. The number of ketones is 1. The fourth-order valence-electron chi connectivity index (χ4n) is 1.38. The Labute approximate surface area is 108 Å². The second kappa shape index (κ2) is 5.98. The van der Waals surface area contributed by atoms with Crippen molar-refractivity contribution < 1.29 is 14.3 Å². The molecule has 86 valence electrons. The highest BCUT2D eigenvalue weighted by Crippen LogP contribution is 2.16. The van der Waals surface area contributed by atoms with Crippen LogP contribution in [0.5, 0.6) is 0 Å². The van der Waals surface area contributed by atoms with Crippen LogP contribution in [-0.2, 0) is 16.0 Å². The summed E-state index contributed by atoms with van der Waals surface area (Å²) in [6.45, 7) is 3.61. The Balaban J connectivity index is 3.06. The zero-order valence-corrected chi connectivity index (χ0v) is 11.4. The molecule has 0 spiro atoms. The number of hydrogen-bond acceptors (Lipinski definition) is 3. The van der Waals surface area contributed by atoms with Crippen LogP contribution in [0.25, 0.3) is 0 Å². The van der Waals surface area contributed by atoms with Gasteiger partial charge in [0.2, 0.25) is 0 Å². The van der Waals surface area contributed by atoms with Gasteiger partial charge in [-0.3, -0.25) is 4.79 Å². The highest BCUT2D eigenvalue weighted by molar-refractivity contribution is 14.1. The zero-order chi connectivity index (χ0) is 12.1. The molecule has 4 heteroatoms. The van der Waals surface area contributed by atoms with Crippen LogP contribution in [-0.4, -0.2) is 18.4 Å². The molecule has 0 aliphatic carbocycles. The van der Waals surface area contributed by atoms with Crippen molar-refractivity contribution in [1.29, 1.82) is 0 Å². The van der Waals surface area contributed by atoms with Gasteiger partial charge in [-0.25, -0.2) is 4.79 Å². The summed E-state index contributed by atoms with van der Waals surface area (Å²) < 4.78 is 5.94. The number of benzene rings is 1. The fraction of sp³-hybridized carbons (Fsp3) is 0.333. The first-order valence-electron chi connectivity index (χ1n) is 4.99. The normalized spacial score (nSPS) is 9.94. The first kappa shape index (κ1) is 13.2. The summed E-state index contributed by atoms with van der Waals surface area (Å²) in [4.78, 5) is 22.7. The lowest BCUT2D eigenvalue weighted by atomic mass is 10.0. The summed E-state index contributed by atoms with van der Waals surface area (Å²) >= 11 is 2.15. The summed E-state index contributed by atoms with van der Waals surface area (Å²) in [5, 5.41) is 0. The molecule has 0 fully saturated rings. The van der Waals surface area contributed by atoms with Crippen molar-refractivity contribution in [2.24, 2.45) is 0 Å². The fourth-order valence-corrected chi connectivity index (χ4v) is 1.94. The summed E-state index contributed by atoms with van der Waals surface area (Å²) in [5.41, 5.74) is 1.22. The SMILES string of the molecule is CCOC(=O)c1ccc(I)cc1CC(C)=O. The molecule has 0 unspecified atom stereocenters. The van der Waals surface area contributed by atoms with Crippen LogP contribution < -0.4 is 0 Å². The number of carbonyl (C=O) groups is 2.